The number of hydrogen-bond donors (Lipinski definition) is 0. The van der Waals surface area contributed by atoms with Crippen LogP contribution in [0.15, 0.2) is 6.07 Å². The van der Waals surface area contributed by atoms with Crippen LogP contribution in [0.1, 0.15) is 25.2 Å². The average Bonchev–Trinajstić information content (AvgIpc) is 2.61. The molecule has 0 saturated carbocycles. The highest BCUT2D eigenvalue weighted by Gasteiger charge is 2.30. The normalized spacial score (nSPS) is 28.3. The molecule has 0 aliphatic carbocycles. The number of hydrogen-bond acceptors (Lipinski definition) is 4. The summed E-state index contributed by atoms with van der Waals surface area (Å²) < 4.78 is 1.82. The Hall–Kier alpha value is -0.420. The predicted molar refractivity (Wildman–Crippen MR) is 79.4 cm³/mol. The number of thioether (sulfide) groups is 2. The van der Waals surface area contributed by atoms with Crippen LogP contribution in [-0.4, -0.2) is 37.1 Å². The lowest BCUT2D eigenvalue weighted by Gasteiger charge is -2.30. The molecule has 1 aromatic rings. The van der Waals surface area contributed by atoms with Gasteiger partial charge in [-0.1, -0.05) is 13.8 Å². The summed E-state index contributed by atoms with van der Waals surface area (Å²) in [6.07, 6.45) is 0.511. The van der Waals surface area contributed by atoms with Crippen molar-refractivity contribution in [2.45, 2.75) is 42.9 Å². The maximum Gasteiger partial charge on any atom is 0.152 e. The molecule has 0 amide bonds. The third-order valence-corrected chi connectivity index (χ3v) is 6.80. The number of carbonyl (C=O) groups is 1. The van der Waals surface area contributed by atoms with Gasteiger partial charge < -0.3 is 0 Å². The number of aromatic nitrogens is 2. The highest BCUT2D eigenvalue weighted by molar-refractivity contribution is 8.08. The van der Waals surface area contributed by atoms with Crippen molar-refractivity contribution in [1.82, 2.24) is 9.78 Å². The van der Waals surface area contributed by atoms with Crippen LogP contribution in [-0.2, 0) is 18.3 Å². The first-order valence-electron chi connectivity index (χ1n) is 6.26. The van der Waals surface area contributed by atoms with Gasteiger partial charge in [-0.2, -0.15) is 16.9 Å². The maximum absolute atomic E-state index is 12.3. The Morgan fingerprint density at radius 2 is 2.22 bits per heavy atom. The summed E-state index contributed by atoms with van der Waals surface area (Å²) in [5, 5.41) is 5.65. The molecule has 0 spiro atoms. The zero-order chi connectivity index (χ0) is 13.3. The lowest BCUT2D eigenvalue weighted by Crippen LogP contribution is -2.32. The molecule has 1 saturated heterocycles. The van der Waals surface area contributed by atoms with Gasteiger partial charge in [-0.05, 0) is 13.0 Å². The molecule has 1 aliphatic rings. The molecular weight excluding hydrogens is 264 g/mol. The van der Waals surface area contributed by atoms with Gasteiger partial charge in [0, 0.05) is 35.4 Å². The Morgan fingerprint density at radius 1 is 1.50 bits per heavy atom. The summed E-state index contributed by atoms with van der Waals surface area (Å²) in [5.41, 5.74) is 2.00. The first-order chi connectivity index (χ1) is 8.47. The van der Waals surface area contributed by atoms with Gasteiger partial charge in [0.1, 0.15) is 0 Å². The molecule has 18 heavy (non-hydrogen) atoms. The largest absolute Gasteiger partial charge is 0.298 e. The minimum atomic E-state index is 0.149. The van der Waals surface area contributed by atoms with Crippen molar-refractivity contribution in [2.24, 2.45) is 7.05 Å². The lowest BCUT2D eigenvalue weighted by atomic mass is 10.1. The van der Waals surface area contributed by atoms with Gasteiger partial charge in [-0.25, -0.2) is 0 Å². The van der Waals surface area contributed by atoms with E-state index in [2.05, 4.69) is 18.9 Å². The number of Topliss-reactive ketones (excluding diaryl/α,β-unsaturated/α-hetero) is 1. The SMILES string of the molecule is Cc1cc(CC(=O)C2CSC(C)C(C)S2)n(C)n1. The highest BCUT2D eigenvalue weighted by atomic mass is 32.2. The molecule has 0 aromatic carbocycles. The van der Waals surface area contributed by atoms with E-state index < -0.39 is 0 Å². The van der Waals surface area contributed by atoms with Crippen LogP contribution in [0.4, 0.5) is 0 Å². The van der Waals surface area contributed by atoms with Gasteiger partial charge in [0.25, 0.3) is 0 Å². The van der Waals surface area contributed by atoms with Gasteiger partial charge in [0.15, 0.2) is 5.78 Å². The van der Waals surface area contributed by atoms with Crippen molar-refractivity contribution >= 4 is 29.3 Å². The first kappa shape index (κ1) is 14.0. The molecule has 3 nitrogen and oxygen atoms in total. The van der Waals surface area contributed by atoms with Crippen LogP contribution in [0, 0.1) is 6.92 Å². The molecule has 1 aliphatic heterocycles. The van der Waals surface area contributed by atoms with Crippen molar-refractivity contribution in [3.8, 4) is 0 Å². The van der Waals surface area contributed by atoms with E-state index in [1.54, 1.807) is 0 Å². The minimum Gasteiger partial charge on any atom is -0.298 e. The lowest BCUT2D eigenvalue weighted by molar-refractivity contribution is -0.117. The van der Waals surface area contributed by atoms with E-state index in [0.29, 0.717) is 22.7 Å². The molecule has 2 heterocycles. The van der Waals surface area contributed by atoms with E-state index in [9.17, 15) is 4.79 Å². The Morgan fingerprint density at radius 3 is 2.78 bits per heavy atom. The van der Waals surface area contributed by atoms with E-state index >= 15 is 0 Å². The van der Waals surface area contributed by atoms with Gasteiger partial charge in [-0.15, -0.1) is 11.8 Å². The third-order valence-electron chi connectivity index (χ3n) is 3.36. The van der Waals surface area contributed by atoms with Crippen molar-refractivity contribution in [3.05, 3.63) is 17.5 Å². The van der Waals surface area contributed by atoms with Crippen molar-refractivity contribution in [1.29, 1.82) is 0 Å². The van der Waals surface area contributed by atoms with Gasteiger partial charge in [0.05, 0.1) is 10.9 Å². The molecule has 0 bridgehead atoms. The zero-order valence-corrected chi connectivity index (χ0v) is 13.0. The van der Waals surface area contributed by atoms with Crippen LogP contribution in [0.25, 0.3) is 0 Å². The zero-order valence-electron chi connectivity index (χ0n) is 11.3. The van der Waals surface area contributed by atoms with Gasteiger partial charge in [-0.3, -0.25) is 9.48 Å². The Kier molecular flexibility index (Phi) is 4.43. The molecule has 0 radical (unpaired) electrons. The monoisotopic (exact) mass is 284 g/mol. The number of aryl methyl sites for hydroxylation is 2. The summed E-state index contributed by atoms with van der Waals surface area (Å²) in [6.45, 7) is 6.42. The van der Waals surface area contributed by atoms with Crippen molar-refractivity contribution in [2.75, 3.05) is 5.75 Å². The predicted octanol–water partition coefficient (Wildman–Crippen LogP) is 2.47. The fraction of sp³-hybridized carbons (Fsp3) is 0.692. The second kappa shape index (κ2) is 5.70. The first-order valence-corrected chi connectivity index (χ1v) is 8.26. The van der Waals surface area contributed by atoms with E-state index in [4.69, 9.17) is 0 Å². The number of ketones is 1. The van der Waals surface area contributed by atoms with E-state index in [-0.39, 0.29) is 5.25 Å². The summed E-state index contributed by atoms with van der Waals surface area (Å²) >= 11 is 3.75. The number of rotatable bonds is 3. The smallest absolute Gasteiger partial charge is 0.152 e. The van der Waals surface area contributed by atoms with Gasteiger partial charge in [0.2, 0.25) is 0 Å². The average molecular weight is 284 g/mol. The van der Waals surface area contributed by atoms with E-state index in [1.807, 2.05) is 48.2 Å². The van der Waals surface area contributed by atoms with Gasteiger partial charge >= 0.3 is 0 Å². The second-order valence-electron chi connectivity index (χ2n) is 4.91. The fourth-order valence-corrected chi connectivity index (χ4v) is 4.96. The van der Waals surface area contributed by atoms with E-state index in [0.717, 1.165) is 17.1 Å². The fourth-order valence-electron chi connectivity index (χ4n) is 2.07. The Bertz CT molecular complexity index is 444. The molecule has 1 aromatic heterocycles. The topological polar surface area (TPSA) is 34.9 Å². The van der Waals surface area contributed by atoms with Crippen molar-refractivity contribution in [3.63, 3.8) is 0 Å². The van der Waals surface area contributed by atoms with E-state index in [1.165, 1.54) is 0 Å². The van der Waals surface area contributed by atoms with Crippen LogP contribution in [0.5, 0.6) is 0 Å². The summed E-state index contributed by atoms with van der Waals surface area (Å²) in [5.74, 6) is 1.29. The highest BCUT2D eigenvalue weighted by Crippen LogP contribution is 2.36. The standard InChI is InChI=1S/C13H20N2OS2/c1-8-5-11(15(4)14-8)6-12(16)13-7-17-9(2)10(3)18-13/h5,9-10,13H,6-7H2,1-4H3. The minimum absolute atomic E-state index is 0.149. The summed E-state index contributed by atoms with van der Waals surface area (Å²) in [4.78, 5) is 12.3. The molecule has 0 N–H and O–H groups in total. The summed E-state index contributed by atoms with van der Waals surface area (Å²) in [6, 6.07) is 2.00. The van der Waals surface area contributed by atoms with Crippen LogP contribution >= 0.6 is 23.5 Å². The molecule has 3 unspecified atom stereocenters. The number of nitrogens with zero attached hydrogens (tertiary/aromatic N) is 2. The third kappa shape index (κ3) is 3.12. The molecule has 100 valence electrons. The molecule has 3 atom stereocenters. The molecule has 2 rings (SSSR count). The summed E-state index contributed by atoms with van der Waals surface area (Å²) in [7, 11) is 1.91. The molecule has 1 fully saturated rings. The molecular formula is C13H20N2OS2. The maximum atomic E-state index is 12.3. The van der Waals surface area contributed by atoms with Crippen LogP contribution < -0.4 is 0 Å². The Labute approximate surface area is 117 Å². The van der Waals surface area contributed by atoms with Crippen LogP contribution in [0.2, 0.25) is 0 Å². The van der Waals surface area contributed by atoms with Crippen molar-refractivity contribution < 1.29 is 4.79 Å². The van der Waals surface area contributed by atoms with Crippen LogP contribution in [0.3, 0.4) is 0 Å². The Balaban J connectivity index is 1.98. The molecule has 5 heteroatoms. The number of carbonyl (C=O) groups excluding carboxylic acids is 1. The second-order valence-corrected chi connectivity index (χ2v) is 7.91. The quantitative estimate of drug-likeness (QED) is 0.854.